The zero-order valence-corrected chi connectivity index (χ0v) is 8.48. The number of carbonyl (C=O) groups excluding carboxylic acids is 1. The predicted octanol–water partition coefficient (Wildman–Crippen LogP) is 0.00460. The van der Waals surface area contributed by atoms with E-state index in [2.05, 4.69) is 0 Å². The molecule has 1 N–H and O–H groups in total. The molecule has 0 aromatic rings. The third-order valence-electron chi connectivity index (χ3n) is 3.02. The van der Waals surface area contributed by atoms with Gasteiger partial charge in [0.2, 0.25) is 5.91 Å². The molecule has 1 amide bonds. The van der Waals surface area contributed by atoms with E-state index in [1.807, 2.05) is 6.92 Å². The lowest BCUT2D eigenvalue weighted by Gasteiger charge is -2.18. The molecular weight excluding hydrogens is 182 g/mol. The maximum absolute atomic E-state index is 11.9. The van der Waals surface area contributed by atoms with Gasteiger partial charge in [-0.3, -0.25) is 4.79 Å². The second-order valence-electron chi connectivity index (χ2n) is 4.30. The van der Waals surface area contributed by atoms with E-state index in [4.69, 9.17) is 4.74 Å². The minimum atomic E-state index is -0.321. The molecule has 4 nitrogen and oxygen atoms in total. The summed E-state index contributed by atoms with van der Waals surface area (Å²) in [6.45, 7) is 3.74. The van der Waals surface area contributed by atoms with Crippen molar-refractivity contribution in [1.82, 2.24) is 4.90 Å². The number of carbonyl (C=O) groups is 1. The van der Waals surface area contributed by atoms with E-state index >= 15 is 0 Å². The molecule has 0 aliphatic carbocycles. The van der Waals surface area contributed by atoms with Gasteiger partial charge in [-0.2, -0.15) is 0 Å². The van der Waals surface area contributed by atoms with Crippen LogP contribution in [0.3, 0.4) is 0 Å². The first-order valence-corrected chi connectivity index (χ1v) is 5.25. The Labute approximate surface area is 83.8 Å². The standard InChI is InChI=1S/C10H17NO3/c1-7-4-8(6-14-7)10(13)11-3-2-9(12)5-11/h7-9,12H,2-6H2,1H3/t7?,8?,9-/m0/s1. The summed E-state index contributed by atoms with van der Waals surface area (Å²) in [6, 6.07) is 0. The van der Waals surface area contributed by atoms with Crippen LogP contribution in [0.15, 0.2) is 0 Å². The first kappa shape index (κ1) is 9.93. The van der Waals surface area contributed by atoms with Crippen molar-refractivity contribution in [3.05, 3.63) is 0 Å². The molecule has 80 valence electrons. The van der Waals surface area contributed by atoms with Crippen molar-refractivity contribution in [2.24, 2.45) is 5.92 Å². The molecule has 0 saturated carbocycles. The summed E-state index contributed by atoms with van der Waals surface area (Å²) < 4.78 is 5.36. The summed E-state index contributed by atoms with van der Waals surface area (Å²) in [5, 5.41) is 9.32. The van der Waals surface area contributed by atoms with E-state index in [0.717, 1.165) is 12.8 Å². The first-order valence-electron chi connectivity index (χ1n) is 5.25. The fourth-order valence-corrected chi connectivity index (χ4v) is 2.19. The van der Waals surface area contributed by atoms with Gasteiger partial charge in [0.15, 0.2) is 0 Å². The van der Waals surface area contributed by atoms with Gasteiger partial charge in [0.05, 0.1) is 24.7 Å². The van der Waals surface area contributed by atoms with Crippen molar-refractivity contribution in [2.45, 2.75) is 32.0 Å². The van der Waals surface area contributed by atoms with Crippen molar-refractivity contribution < 1.29 is 14.6 Å². The molecular formula is C10H17NO3. The lowest BCUT2D eigenvalue weighted by atomic mass is 10.1. The average molecular weight is 199 g/mol. The van der Waals surface area contributed by atoms with E-state index < -0.39 is 0 Å². The number of likely N-dealkylation sites (tertiary alicyclic amines) is 1. The molecule has 4 heteroatoms. The largest absolute Gasteiger partial charge is 0.391 e. The third kappa shape index (κ3) is 1.91. The Balaban J connectivity index is 1.89. The van der Waals surface area contributed by atoms with Gasteiger partial charge in [-0.15, -0.1) is 0 Å². The number of ether oxygens (including phenoxy) is 1. The highest BCUT2D eigenvalue weighted by Crippen LogP contribution is 2.23. The molecule has 2 rings (SSSR count). The normalized spacial score (nSPS) is 37.9. The van der Waals surface area contributed by atoms with Crippen LogP contribution >= 0.6 is 0 Å². The van der Waals surface area contributed by atoms with Gasteiger partial charge in [0.1, 0.15) is 0 Å². The minimum Gasteiger partial charge on any atom is -0.391 e. The van der Waals surface area contributed by atoms with Crippen LogP contribution in [0.1, 0.15) is 19.8 Å². The van der Waals surface area contributed by atoms with Gasteiger partial charge in [0.25, 0.3) is 0 Å². The number of hydrogen-bond acceptors (Lipinski definition) is 3. The summed E-state index contributed by atoms with van der Waals surface area (Å²) >= 11 is 0. The van der Waals surface area contributed by atoms with Crippen LogP contribution in [-0.2, 0) is 9.53 Å². The van der Waals surface area contributed by atoms with Gasteiger partial charge in [-0.25, -0.2) is 0 Å². The molecule has 0 bridgehead atoms. The van der Waals surface area contributed by atoms with E-state index in [1.165, 1.54) is 0 Å². The molecule has 2 heterocycles. The zero-order chi connectivity index (χ0) is 10.1. The first-order chi connectivity index (χ1) is 6.66. The molecule has 0 radical (unpaired) electrons. The van der Waals surface area contributed by atoms with Crippen LogP contribution in [0, 0.1) is 5.92 Å². The Morgan fingerprint density at radius 1 is 1.57 bits per heavy atom. The van der Waals surface area contributed by atoms with Crippen molar-refractivity contribution >= 4 is 5.91 Å². The number of aliphatic hydroxyl groups is 1. The highest BCUT2D eigenvalue weighted by Gasteiger charge is 2.34. The van der Waals surface area contributed by atoms with Crippen LogP contribution in [-0.4, -0.2) is 47.8 Å². The molecule has 3 atom stereocenters. The number of aliphatic hydroxyl groups excluding tert-OH is 1. The highest BCUT2D eigenvalue weighted by atomic mass is 16.5. The maximum Gasteiger partial charge on any atom is 0.228 e. The Bertz CT molecular complexity index is 209. The molecule has 2 aliphatic heterocycles. The van der Waals surface area contributed by atoms with E-state index in [-0.39, 0.29) is 24.0 Å². The van der Waals surface area contributed by atoms with Crippen LogP contribution < -0.4 is 0 Å². The number of amides is 1. The molecule has 2 saturated heterocycles. The molecule has 2 aliphatic rings. The molecule has 0 aromatic heterocycles. The third-order valence-corrected chi connectivity index (χ3v) is 3.02. The van der Waals surface area contributed by atoms with E-state index in [1.54, 1.807) is 4.90 Å². The highest BCUT2D eigenvalue weighted by molar-refractivity contribution is 5.79. The molecule has 0 aromatic carbocycles. The molecule has 14 heavy (non-hydrogen) atoms. The Morgan fingerprint density at radius 2 is 2.36 bits per heavy atom. The van der Waals surface area contributed by atoms with E-state index in [0.29, 0.717) is 19.7 Å². The lowest BCUT2D eigenvalue weighted by molar-refractivity contribution is -0.134. The van der Waals surface area contributed by atoms with Crippen LogP contribution in [0.4, 0.5) is 0 Å². The van der Waals surface area contributed by atoms with Gasteiger partial charge >= 0.3 is 0 Å². The monoisotopic (exact) mass is 199 g/mol. The number of rotatable bonds is 1. The van der Waals surface area contributed by atoms with Crippen LogP contribution in [0.5, 0.6) is 0 Å². The zero-order valence-electron chi connectivity index (χ0n) is 8.48. The van der Waals surface area contributed by atoms with Crippen molar-refractivity contribution in [3.8, 4) is 0 Å². The van der Waals surface area contributed by atoms with E-state index in [9.17, 15) is 9.90 Å². The molecule has 2 unspecified atom stereocenters. The smallest absolute Gasteiger partial charge is 0.228 e. The second-order valence-corrected chi connectivity index (χ2v) is 4.30. The summed E-state index contributed by atoms with van der Waals surface area (Å²) in [6.07, 6.45) is 1.43. The van der Waals surface area contributed by atoms with Crippen LogP contribution in [0.25, 0.3) is 0 Å². The Morgan fingerprint density at radius 3 is 2.86 bits per heavy atom. The van der Waals surface area contributed by atoms with Crippen LogP contribution in [0.2, 0.25) is 0 Å². The van der Waals surface area contributed by atoms with Gasteiger partial charge < -0.3 is 14.7 Å². The SMILES string of the molecule is CC1CC(C(=O)N2CC[C@H](O)C2)CO1. The fraction of sp³-hybridized carbons (Fsp3) is 0.900. The van der Waals surface area contributed by atoms with Gasteiger partial charge in [0, 0.05) is 13.1 Å². The summed E-state index contributed by atoms with van der Waals surface area (Å²) in [5.74, 6) is 0.182. The quantitative estimate of drug-likeness (QED) is 0.647. The van der Waals surface area contributed by atoms with Crippen molar-refractivity contribution in [1.29, 1.82) is 0 Å². The second kappa shape index (κ2) is 3.87. The number of β-amino-alcohol motifs (C(OH)–C–C–N with tert-alkyl or cyclic N) is 1. The Hall–Kier alpha value is -0.610. The maximum atomic E-state index is 11.9. The summed E-state index contributed by atoms with van der Waals surface area (Å²) in [7, 11) is 0. The van der Waals surface area contributed by atoms with Crippen molar-refractivity contribution in [3.63, 3.8) is 0 Å². The fourth-order valence-electron chi connectivity index (χ4n) is 2.19. The molecule has 2 fully saturated rings. The predicted molar refractivity (Wildman–Crippen MR) is 50.7 cm³/mol. The van der Waals surface area contributed by atoms with Gasteiger partial charge in [-0.05, 0) is 19.8 Å². The Kier molecular flexibility index (Phi) is 2.74. The summed E-state index contributed by atoms with van der Waals surface area (Å²) in [5.41, 5.74) is 0. The minimum absolute atomic E-state index is 0.0234. The van der Waals surface area contributed by atoms with Gasteiger partial charge in [-0.1, -0.05) is 0 Å². The summed E-state index contributed by atoms with van der Waals surface area (Å²) in [4.78, 5) is 13.6. The lowest BCUT2D eigenvalue weighted by Crippen LogP contribution is -2.35. The number of hydrogen-bond donors (Lipinski definition) is 1. The average Bonchev–Trinajstić information content (AvgIpc) is 2.73. The topological polar surface area (TPSA) is 49.8 Å². The number of nitrogens with zero attached hydrogens (tertiary/aromatic N) is 1. The molecule has 0 spiro atoms. The van der Waals surface area contributed by atoms with Crippen molar-refractivity contribution in [2.75, 3.05) is 19.7 Å².